The van der Waals surface area contributed by atoms with Crippen LogP contribution in [-0.4, -0.2) is 31.6 Å². The van der Waals surface area contributed by atoms with Crippen molar-refractivity contribution in [2.45, 2.75) is 63.1 Å². The van der Waals surface area contributed by atoms with E-state index in [1.807, 2.05) is 0 Å². The third-order valence-electron chi connectivity index (χ3n) is 3.47. The Hall–Kier alpha value is -1.04. The molecule has 1 N–H and O–H groups in total. The normalized spacial score (nSPS) is 17.0. The molecule has 1 aromatic heterocycles. The highest BCUT2D eigenvalue weighted by molar-refractivity contribution is 7.99. The first-order valence-corrected chi connectivity index (χ1v) is 7.87. The molecule has 0 bridgehead atoms. The minimum Gasteiger partial charge on any atom is -0.481 e. The highest BCUT2D eigenvalue weighted by Gasteiger charge is 2.24. The van der Waals surface area contributed by atoms with Gasteiger partial charge in [0.25, 0.3) is 0 Å². The zero-order chi connectivity index (χ0) is 13.8. The van der Waals surface area contributed by atoms with Gasteiger partial charge in [0.1, 0.15) is 5.82 Å². The van der Waals surface area contributed by atoms with Crippen LogP contribution < -0.4 is 0 Å². The monoisotopic (exact) mass is 283 g/mol. The molecule has 0 unspecified atom stereocenters. The van der Waals surface area contributed by atoms with E-state index < -0.39 is 5.97 Å². The molecule has 106 valence electrons. The first-order valence-electron chi connectivity index (χ1n) is 6.89. The van der Waals surface area contributed by atoms with Gasteiger partial charge in [-0.05, 0) is 12.8 Å². The maximum atomic E-state index is 10.7. The van der Waals surface area contributed by atoms with Crippen molar-refractivity contribution in [3.63, 3.8) is 0 Å². The summed E-state index contributed by atoms with van der Waals surface area (Å²) >= 11 is 1.28. The zero-order valence-corrected chi connectivity index (χ0v) is 12.3. The predicted octanol–water partition coefficient (Wildman–Crippen LogP) is 3.08. The smallest absolute Gasteiger partial charge is 0.313 e. The number of thioether (sulfide) groups is 1. The van der Waals surface area contributed by atoms with Crippen LogP contribution in [0.1, 0.15) is 63.7 Å². The van der Waals surface area contributed by atoms with E-state index in [1.165, 1.54) is 31.0 Å². The van der Waals surface area contributed by atoms with Gasteiger partial charge in [0.2, 0.25) is 0 Å². The number of aromatic nitrogens is 3. The number of hydrogen-bond donors (Lipinski definition) is 1. The predicted molar refractivity (Wildman–Crippen MR) is 74.6 cm³/mol. The summed E-state index contributed by atoms with van der Waals surface area (Å²) in [5, 5.41) is 18.0. The van der Waals surface area contributed by atoms with Gasteiger partial charge in [0.15, 0.2) is 5.16 Å². The zero-order valence-electron chi connectivity index (χ0n) is 11.5. The molecule has 0 saturated heterocycles. The van der Waals surface area contributed by atoms with Crippen LogP contribution in [0.25, 0.3) is 0 Å². The third kappa shape index (κ3) is 3.49. The van der Waals surface area contributed by atoms with Gasteiger partial charge in [-0.1, -0.05) is 44.9 Å². The largest absolute Gasteiger partial charge is 0.481 e. The molecule has 0 aromatic carbocycles. The van der Waals surface area contributed by atoms with Crippen molar-refractivity contribution in [3.05, 3.63) is 5.82 Å². The summed E-state index contributed by atoms with van der Waals surface area (Å²) in [6, 6.07) is 0.442. The second kappa shape index (κ2) is 6.41. The minimum atomic E-state index is -0.811. The molecular weight excluding hydrogens is 262 g/mol. The van der Waals surface area contributed by atoms with E-state index in [0.717, 1.165) is 23.8 Å². The fourth-order valence-electron chi connectivity index (χ4n) is 2.59. The molecule has 0 spiro atoms. The molecule has 5 nitrogen and oxygen atoms in total. The number of rotatable bonds is 5. The van der Waals surface area contributed by atoms with Crippen LogP contribution >= 0.6 is 11.8 Å². The maximum absolute atomic E-state index is 10.7. The number of carboxylic acid groups (broad SMARTS) is 1. The Balaban J connectivity index is 2.24. The van der Waals surface area contributed by atoms with Crippen molar-refractivity contribution >= 4 is 17.7 Å². The van der Waals surface area contributed by atoms with Crippen molar-refractivity contribution in [2.24, 2.45) is 0 Å². The molecule has 0 amide bonds. The Morgan fingerprint density at radius 2 is 2.05 bits per heavy atom. The molecule has 6 heteroatoms. The Labute approximate surface area is 117 Å². The minimum absolute atomic E-state index is 0.0446. The van der Waals surface area contributed by atoms with Gasteiger partial charge in [-0.2, -0.15) is 0 Å². The van der Waals surface area contributed by atoms with Crippen LogP contribution in [0.5, 0.6) is 0 Å². The lowest BCUT2D eigenvalue weighted by Gasteiger charge is -2.26. The van der Waals surface area contributed by atoms with Gasteiger partial charge >= 0.3 is 5.97 Å². The molecule has 1 aliphatic carbocycles. The maximum Gasteiger partial charge on any atom is 0.313 e. The van der Waals surface area contributed by atoms with E-state index in [1.54, 1.807) is 0 Å². The van der Waals surface area contributed by atoms with E-state index >= 15 is 0 Å². The third-order valence-corrected chi connectivity index (χ3v) is 4.40. The number of nitrogens with zero attached hydrogens (tertiary/aromatic N) is 3. The fraction of sp³-hybridized carbons (Fsp3) is 0.769. The molecule has 1 saturated carbocycles. The van der Waals surface area contributed by atoms with Gasteiger partial charge in [0, 0.05) is 12.0 Å². The Kier molecular flexibility index (Phi) is 4.85. The molecule has 0 atom stereocenters. The van der Waals surface area contributed by atoms with Crippen LogP contribution in [0, 0.1) is 0 Å². The molecule has 1 aliphatic rings. The van der Waals surface area contributed by atoms with Gasteiger partial charge < -0.3 is 9.67 Å². The molecule has 1 heterocycles. The molecular formula is C13H21N3O2S. The number of aliphatic carboxylic acids is 1. The summed E-state index contributed by atoms with van der Waals surface area (Å²) in [6.07, 6.45) is 6.08. The lowest BCUT2D eigenvalue weighted by Crippen LogP contribution is -2.17. The van der Waals surface area contributed by atoms with E-state index in [0.29, 0.717) is 12.0 Å². The lowest BCUT2D eigenvalue weighted by molar-refractivity contribution is -0.133. The van der Waals surface area contributed by atoms with Gasteiger partial charge in [-0.25, -0.2) is 0 Å². The van der Waals surface area contributed by atoms with Crippen LogP contribution in [0.4, 0.5) is 0 Å². The highest BCUT2D eigenvalue weighted by atomic mass is 32.2. The molecule has 19 heavy (non-hydrogen) atoms. The molecule has 0 aliphatic heterocycles. The Bertz CT molecular complexity index is 439. The first-order chi connectivity index (χ1) is 9.09. The fourth-order valence-corrected chi connectivity index (χ4v) is 3.32. The molecule has 1 aromatic rings. The van der Waals surface area contributed by atoms with E-state index in [9.17, 15) is 4.79 Å². The highest BCUT2D eigenvalue weighted by Crippen LogP contribution is 2.34. The summed E-state index contributed by atoms with van der Waals surface area (Å²) in [7, 11) is 0. The molecule has 1 fully saturated rings. The standard InChI is InChI=1S/C13H21N3O2S/c1-9(2)12-14-15-13(19-8-11(17)18)16(12)10-6-4-3-5-7-10/h9-10H,3-8H2,1-2H3,(H,17,18). The average Bonchev–Trinajstić information content (AvgIpc) is 2.81. The van der Waals surface area contributed by atoms with Crippen LogP contribution in [0.3, 0.4) is 0 Å². The number of carboxylic acids is 1. The van der Waals surface area contributed by atoms with Crippen molar-refractivity contribution < 1.29 is 9.90 Å². The van der Waals surface area contributed by atoms with E-state index in [-0.39, 0.29) is 5.75 Å². The Morgan fingerprint density at radius 3 is 2.63 bits per heavy atom. The molecule has 0 radical (unpaired) electrons. The van der Waals surface area contributed by atoms with Crippen LogP contribution in [0.2, 0.25) is 0 Å². The summed E-state index contributed by atoms with van der Waals surface area (Å²) in [6.45, 7) is 4.21. The SMILES string of the molecule is CC(C)c1nnc(SCC(=O)O)n1C1CCCCC1. The van der Waals surface area contributed by atoms with Crippen molar-refractivity contribution in [1.29, 1.82) is 0 Å². The summed E-state index contributed by atoms with van der Waals surface area (Å²) in [5.41, 5.74) is 0. The first kappa shape index (κ1) is 14.4. The van der Waals surface area contributed by atoms with Crippen molar-refractivity contribution in [2.75, 3.05) is 5.75 Å². The quantitative estimate of drug-likeness (QED) is 0.841. The van der Waals surface area contributed by atoms with E-state index in [4.69, 9.17) is 5.11 Å². The van der Waals surface area contributed by atoms with E-state index in [2.05, 4.69) is 28.6 Å². The van der Waals surface area contributed by atoms with Crippen LogP contribution in [0.15, 0.2) is 5.16 Å². The second-order valence-corrected chi connectivity index (χ2v) is 6.28. The van der Waals surface area contributed by atoms with Crippen molar-refractivity contribution in [3.8, 4) is 0 Å². The summed E-state index contributed by atoms with van der Waals surface area (Å²) in [4.78, 5) is 10.7. The average molecular weight is 283 g/mol. The van der Waals surface area contributed by atoms with Crippen molar-refractivity contribution in [1.82, 2.24) is 14.8 Å². The Morgan fingerprint density at radius 1 is 1.37 bits per heavy atom. The lowest BCUT2D eigenvalue weighted by atomic mass is 9.95. The summed E-state index contributed by atoms with van der Waals surface area (Å²) < 4.78 is 2.19. The van der Waals surface area contributed by atoms with Gasteiger partial charge in [-0.15, -0.1) is 10.2 Å². The topological polar surface area (TPSA) is 68.0 Å². The van der Waals surface area contributed by atoms with Gasteiger partial charge in [0.05, 0.1) is 5.75 Å². The second-order valence-electron chi connectivity index (χ2n) is 5.34. The molecule has 2 rings (SSSR count). The number of hydrogen-bond acceptors (Lipinski definition) is 4. The number of carbonyl (C=O) groups is 1. The summed E-state index contributed by atoms with van der Waals surface area (Å²) in [5.74, 6) is 0.533. The van der Waals surface area contributed by atoms with Gasteiger partial charge in [-0.3, -0.25) is 4.79 Å². The van der Waals surface area contributed by atoms with Crippen LogP contribution in [-0.2, 0) is 4.79 Å².